The molecular weight excluding hydrogens is 382 g/mol. The third-order valence-electron chi connectivity index (χ3n) is 7.42. The molecule has 0 aliphatic carbocycles. The zero-order chi connectivity index (χ0) is 20.1. The molecule has 7 heteroatoms. The van der Waals surface area contributed by atoms with Gasteiger partial charge < -0.3 is 9.80 Å². The Labute approximate surface area is 176 Å². The van der Waals surface area contributed by atoms with Crippen LogP contribution in [0.25, 0.3) is 0 Å². The van der Waals surface area contributed by atoms with Gasteiger partial charge in [-0.05, 0) is 57.5 Å². The Morgan fingerprint density at radius 3 is 2.45 bits per heavy atom. The lowest BCUT2D eigenvalue weighted by Gasteiger charge is -2.46. The molecule has 29 heavy (non-hydrogen) atoms. The van der Waals surface area contributed by atoms with Crippen LogP contribution in [0.15, 0.2) is 30.6 Å². The molecule has 3 saturated heterocycles. The van der Waals surface area contributed by atoms with Crippen LogP contribution in [0.2, 0.25) is 0 Å². The first kappa shape index (κ1) is 19.0. The van der Waals surface area contributed by atoms with Crippen molar-refractivity contribution in [3.8, 4) is 0 Å². The molecule has 0 N–H and O–H groups in total. The number of likely N-dealkylation sites (tertiary alicyclic amines) is 2. The predicted molar refractivity (Wildman–Crippen MR) is 115 cm³/mol. The molecule has 0 unspecified atom stereocenters. The van der Waals surface area contributed by atoms with Crippen LogP contribution in [0.3, 0.4) is 0 Å². The number of hydrogen-bond acceptors (Lipinski definition) is 6. The van der Waals surface area contributed by atoms with Crippen molar-refractivity contribution in [3.63, 3.8) is 0 Å². The van der Waals surface area contributed by atoms with E-state index >= 15 is 0 Å². The number of fused-ring (bicyclic) bond motifs is 1. The number of thiophene rings is 1. The second-order valence-electron chi connectivity index (χ2n) is 9.03. The summed E-state index contributed by atoms with van der Waals surface area (Å²) in [5.41, 5.74) is -0.261. The van der Waals surface area contributed by atoms with Crippen molar-refractivity contribution in [2.45, 2.75) is 32.7 Å². The Balaban J connectivity index is 1.39. The van der Waals surface area contributed by atoms with E-state index in [-0.39, 0.29) is 10.8 Å². The Morgan fingerprint density at radius 2 is 1.83 bits per heavy atom. The van der Waals surface area contributed by atoms with Crippen molar-refractivity contribution in [1.82, 2.24) is 19.8 Å². The molecule has 2 aromatic rings. The standard InChI is InChI=1S/C22H29N5OS/c1-17-4-5-18(29-17)14-26-12-6-21(7-13-26)15-27(20-23-9-3-10-24-20)16-22(21)8-11-25(2)19(22)28/h3-5,9-10H,6-8,11-16H2,1-2H3/t22-/m1/s1. The molecule has 2 spiro atoms. The monoisotopic (exact) mass is 411 g/mol. The number of aryl methyl sites for hydroxylation is 1. The normalized spacial score (nSPS) is 26.9. The van der Waals surface area contributed by atoms with Crippen LogP contribution in [0.4, 0.5) is 5.95 Å². The number of carbonyl (C=O) groups excluding carboxylic acids is 1. The van der Waals surface area contributed by atoms with Crippen LogP contribution in [-0.2, 0) is 11.3 Å². The Morgan fingerprint density at radius 1 is 1.07 bits per heavy atom. The van der Waals surface area contributed by atoms with E-state index in [2.05, 4.69) is 38.8 Å². The number of piperidine rings is 1. The van der Waals surface area contributed by atoms with E-state index in [4.69, 9.17) is 0 Å². The summed E-state index contributed by atoms with van der Waals surface area (Å²) in [5, 5.41) is 0. The molecule has 0 saturated carbocycles. The van der Waals surface area contributed by atoms with E-state index in [0.29, 0.717) is 5.91 Å². The third kappa shape index (κ3) is 3.06. The summed E-state index contributed by atoms with van der Waals surface area (Å²) in [6, 6.07) is 6.32. The van der Waals surface area contributed by atoms with Gasteiger partial charge in [0.15, 0.2) is 0 Å². The fourth-order valence-electron chi connectivity index (χ4n) is 5.80. The van der Waals surface area contributed by atoms with Crippen molar-refractivity contribution in [1.29, 1.82) is 0 Å². The van der Waals surface area contributed by atoms with Crippen molar-refractivity contribution in [2.24, 2.45) is 10.8 Å². The molecule has 6 nitrogen and oxygen atoms in total. The molecule has 0 radical (unpaired) electrons. The summed E-state index contributed by atoms with van der Waals surface area (Å²) < 4.78 is 0. The fraction of sp³-hybridized carbons (Fsp3) is 0.591. The highest BCUT2D eigenvalue weighted by molar-refractivity contribution is 7.11. The fourth-order valence-corrected chi connectivity index (χ4v) is 6.73. The van der Waals surface area contributed by atoms with Gasteiger partial charge in [0.25, 0.3) is 0 Å². The predicted octanol–water partition coefficient (Wildman–Crippen LogP) is 2.80. The molecule has 0 bridgehead atoms. The van der Waals surface area contributed by atoms with Crippen LogP contribution in [0, 0.1) is 17.8 Å². The Bertz CT molecular complexity index is 892. The van der Waals surface area contributed by atoms with Crippen LogP contribution < -0.4 is 4.90 Å². The summed E-state index contributed by atoms with van der Waals surface area (Å²) in [6.45, 7) is 7.82. The van der Waals surface area contributed by atoms with E-state index < -0.39 is 0 Å². The van der Waals surface area contributed by atoms with Gasteiger partial charge in [0.2, 0.25) is 11.9 Å². The van der Waals surface area contributed by atoms with Crippen molar-refractivity contribution >= 4 is 23.2 Å². The minimum absolute atomic E-state index is 0.0237. The van der Waals surface area contributed by atoms with Gasteiger partial charge >= 0.3 is 0 Å². The van der Waals surface area contributed by atoms with E-state index in [1.54, 1.807) is 12.4 Å². The highest BCUT2D eigenvalue weighted by Gasteiger charge is 2.65. The summed E-state index contributed by atoms with van der Waals surface area (Å²) in [7, 11) is 1.96. The van der Waals surface area contributed by atoms with Gasteiger partial charge in [-0.1, -0.05) is 0 Å². The maximum Gasteiger partial charge on any atom is 0.231 e. The lowest BCUT2D eigenvalue weighted by molar-refractivity contribution is -0.141. The second kappa shape index (κ2) is 7.06. The molecule has 0 aromatic carbocycles. The summed E-state index contributed by atoms with van der Waals surface area (Å²) in [5.74, 6) is 1.10. The zero-order valence-corrected chi connectivity index (χ0v) is 18.1. The number of amides is 1. The average molecular weight is 412 g/mol. The molecule has 154 valence electrons. The van der Waals surface area contributed by atoms with Crippen molar-refractivity contribution in [3.05, 3.63) is 40.3 Å². The maximum atomic E-state index is 13.4. The highest BCUT2D eigenvalue weighted by Crippen LogP contribution is 2.58. The topological polar surface area (TPSA) is 52.6 Å². The molecule has 3 fully saturated rings. The van der Waals surface area contributed by atoms with Gasteiger partial charge in [-0.15, -0.1) is 11.3 Å². The molecule has 1 atom stereocenters. The van der Waals surface area contributed by atoms with Crippen LogP contribution >= 0.6 is 11.3 Å². The van der Waals surface area contributed by atoms with Crippen LogP contribution in [-0.4, -0.2) is 65.4 Å². The molecule has 2 aromatic heterocycles. The number of rotatable bonds is 3. The van der Waals surface area contributed by atoms with E-state index in [9.17, 15) is 4.79 Å². The molecule has 3 aliphatic heterocycles. The first-order valence-corrected chi connectivity index (χ1v) is 11.4. The molecular formula is C22H29N5OS. The molecule has 5 heterocycles. The smallest absolute Gasteiger partial charge is 0.231 e. The van der Waals surface area contributed by atoms with Crippen molar-refractivity contribution in [2.75, 3.05) is 44.7 Å². The van der Waals surface area contributed by atoms with E-state index in [1.807, 2.05) is 29.4 Å². The first-order valence-electron chi connectivity index (χ1n) is 10.6. The zero-order valence-electron chi connectivity index (χ0n) is 17.3. The van der Waals surface area contributed by atoms with Gasteiger partial charge in [-0.25, -0.2) is 9.97 Å². The van der Waals surface area contributed by atoms with Crippen molar-refractivity contribution < 1.29 is 4.79 Å². The summed E-state index contributed by atoms with van der Waals surface area (Å²) in [4.78, 5) is 32.0. The lowest BCUT2D eigenvalue weighted by atomic mass is 9.60. The third-order valence-corrected chi connectivity index (χ3v) is 8.41. The van der Waals surface area contributed by atoms with Gasteiger partial charge in [0.05, 0.1) is 5.41 Å². The minimum atomic E-state index is -0.285. The van der Waals surface area contributed by atoms with Gasteiger partial charge in [0, 0.05) is 60.8 Å². The lowest BCUT2D eigenvalue weighted by Crippen LogP contribution is -2.52. The van der Waals surface area contributed by atoms with Gasteiger partial charge in [0.1, 0.15) is 0 Å². The number of anilines is 1. The molecule has 1 amide bonds. The van der Waals surface area contributed by atoms with Crippen LogP contribution in [0.5, 0.6) is 0 Å². The van der Waals surface area contributed by atoms with Gasteiger partial charge in [-0.3, -0.25) is 9.69 Å². The average Bonchev–Trinajstić information content (AvgIpc) is 3.38. The highest BCUT2D eigenvalue weighted by atomic mass is 32.1. The number of aromatic nitrogens is 2. The SMILES string of the molecule is Cc1ccc(CN2CCC3(CC2)CN(c2ncccn2)C[C@@]32CCN(C)C2=O)s1. The maximum absolute atomic E-state index is 13.4. The van der Waals surface area contributed by atoms with E-state index in [1.165, 1.54) is 9.75 Å². The first-order chi connectivity index (χ1) is 14.0. The number of carbonyl (C=O) groups is 1. The summed E-state index contributed by atoms with van der Waals surface area (Å²) in [6.07, 6.45) is 6.69. The summed E-state index contributed by atoms with van der Waals surface area (Å²) >= 11 is 1.90. The Hall–Kier alpha value is -1.99. The number of nitrogens with zero attached hydrogens (tertiary/aromatic N) is 5. The number of hydrogen-bond donors (Lipinski definition) is 0. The minimum Gasteiger partial charge on any atom is -0.345 e. The molecule has 5 rings (SSSR count). The second-order valence-corrected chi connectivity index (χ2v) is 10.4. The quantitative estimate of drug-likeness (QED) is 0.777. The largest absolute Gasteiger partial charge is 0.345 e. The van der Waals surface area contributed by atoms with E-state index in [0.717, 1.165) is 64.5 Å². The van der Waals surface area contributed by atoms with Crippen LogP contribution in [0.1, 0.15) is 29.0 Å². The van der Waals surface area contributed by atoms with Gasteiger partial charge in [-0.2, -0.15) is 0 Å². The Kier molecular flexibility index (Phi) is 4.62. The molecule has 3 aliphatic rings.